The molecule has 0 aliphatic carbocycles. The van der Waals surface area contributed by atoms with E-state index in [4.69, 9.17) is 24.2 Å². The quantitative estimate of drug-likeness (QED) is 0.267. The maximum Gasteiger partial charge on any atom is 0.335 e. The number of aromatic carboxylic acids is 1. The topological polar surface area (TPSA) is 132 Å². The van der Waals surface area contributed by atoms with Gasteiger partial charge in [0.15, 0.2) is 0 Å². The number of rotatable bonds is 6. The van der Waals surface area contributed by atoms with E-state index in [1.165, 1.54) is 18.7 Å². The van der Waals surface area contributed by atoms with Crippen LogP contribution in [0.1, 0.15) is 57.0 Å². The number of imidazole rings is 1. The van der Waals surface area contributed by atoms with Crippen LogP contribution in [0.25, 0.3) is 22.3 Å². The van der Waals surface area contributed by atoms with Crippen LogP contribution in [0.15, 0.2) is 60.8 Å². The highest BCUT2D eigenvalue weighted by Gasteiger charge is 2.25. The Morgan fingerprint density at radius 1 is 1.13 bits per heavy atom. The molecule has 2 aromatic carbocycles. The van der Waals surface area contributed by atoms with Crippen molar-refractivity contribution in [2.24, 2.45) is 0 Å². The number of ether oxygens (including phenoxy) is 3. The van der Waals surface area contributed by atoms with Crippen LogP contribution in [0.5, 0.6) is 11.6 Å². The zero-order valence-corrected chi connectivity index (χ0v) is 24.8. The lowest BCUT2D eigenvalue weighted by Gasteiger charge is -2.27. The molecule has 3 aromatic heterocycles. The van der Waals surface area contributed by atoms with Crippen molar-refractivity contribution >= 4 is 17.0 Å². The molecular formula is C35H31N5O5. The molecule has 10 nitrogen and oxygen atoms in total. The molecule has 0 amide bonds. The predicted octanol–water partition coefficient (Wildman–Crippen LogP) is 5.52. The predicted molar refractivity (Wildman–Crippen MR) is 165 cm³/mol. The molecule has 5 heterocycles. The van der Waals surface area contributed by atoms with Crippen molar-refractivity contribution in [1.82, 2.24) is 19.5 Å². The fraction of sp³-hybridized carbons (Fsp3) is 0.286. The maximum absolute atomic E-state index is 11.9. The highest BCUT2D eigenvalue weighted by Crippen LogP contribution is 2.32. The monoisotopic (exact) mass is 601 g/mol. The van der Waals surface area contributed by atoms with Crippen LogP contribution in [0.2, 0.25) is 0 Å². The third kappa shape index (κ3) is 5.70. The zero-order chi connectivity index (χ0) is 30.9. The minimum Gasteiger partial charge on any atom is -0.494 e. The Labute approximate surface area is 259 Å². The van der Waals surface area contributed by atoms with Gasteiger partial charge in [0.2, 0.25) is 5.88 Å². The Bertz CT molecular complexity index is 1970. The zero-order valence-electron chi connectivity index (χ0n) is 24.8. The molecule has 0 saturated carbocycles. The average molecular weight is 602 g/mol. The number of aromatic nitrogens is 4. The first kappa shape index (κ1) is 28.5. The normalized spacial score (nSPS) is 15.8. The highest BCUT2D eigenvalue weighted by atomic mass is 16.5. The molecule has 0 spiro atoms. The molecule has 2 aliphatic heterocycles. The van der Waals surface area contributed by atoms with E-state index in [-0.39, 0.29) is 18.3 Å². The standard InChI is InChI=1S/C35H31N5O5/c1-43-31-15-26(35(41)42)14-30-34(31)39-32(40(30)19-27-10-11-44-27)16-23-8-9-25-13-22(23)4-2-5-24-12-21(17-36)18-37-29(24)20-45-33-7-3-6-28(25)38-33/h3,6-9,12-15,18,27H,2,4-5,10-11,16,19-20H2,1H3,(H,41,42)/t27-/m0/s1. The van der Waals surface area contributed by atoms with Crippen LogP contribution in [-0.4, -0.2) is 50.4 Å². The molecule has 2 aliphatic rings. The fourth-order valence-electron chi connectivity index (χ4n) is 6.06. The van der Waals surface area contributed by atoms with Crippen LogP contribution in [0.4, 0.5) is 0 Å². The number of nitrogens with zero attached hydrogens (tertiary/aromatic N) is 5. The van der Waals surface area contributed by atoms with Gasteiger partial charge in [0.25, 0.3) is 0 Å². The summed E-state index contributed by atoms with van der Waals surface area (Å²) in [6, 6.07) is 19.4. The van der Waals surface area contributed by atoms with Crippen molar-refractivity contribution in [1.29, 1.82) is 5.26 Å². The number of aryl methyl sites for hydroxylation is 2. The van der Waals surface area contributed by atoms with Crippen LogP contribution in [-0.2, 0) is 37.2 Å². The second-order valence-corrected chi connectivity index (χ2v) is 11.4. The molecule has 1 N–H and O–H groups in total. The van der Waals surface area contributed by atoms with Crippen molar-refractivity contribution < 1.29 is 24.1 Å². The first-order valence-corrected chi connectivity index (χ1v) is 15.0. The number of carbonyl (C=O) groups is 1. The number of hydrogen-bond acceptors (Lipinski definition) is 8. The number of pyridine rings is 2. The molecule has 10 heteroatoms. The average Bonchev–Trinajstić information content (AvgIpc) is 3.38. The lowest BCUT2D eigenvalue weighted by Crippen LogP contribution is -2.31. The van der Waals surface area contributed by atoms with E-state index < -0.39 is 5.97 Å². The molecule has 1 saturated heterocycles. The maximum atomic E-state index is 11.9. The SMILES string of the molecule is COc1cc(C(=O)O)cc2c1nc(Cc1ccc3cc1CCCc1cc(C#N)cnc1COc1cccc-3n1)n2C[C@@H]1CCO1. The van der Waals surface area contributed by atoms with Gasteiger partial charge >= 0.3 is 5.97 Å². The number of fused-ring (bicyclic) bond motifs is 7. The Balaban J connectivity index is 1.30. The number of benzene rings is 2. The minimum absolute atomic E-state index is 0.0458. The first-order chi connectivity index (χ1) is 22.0. The summed E-state index contributed by atoms with van der Waals surface area (Å²) in [6.07, 6.45) is 5.48. The summed E-state index contributed by atoms with van der Waals surface area (Å²) < 4.78 is 19.5. The Kier molecular flexibility index (Phi) is 7.61. The molecule has 5 aromatic rings. The number of nitriles is 1. The summed E-state index contributed by atoms with van der Waals surface area (Å²) in [5.41, 5.74) is 7.90. The molecule has 7 rings (SSSR count). The van der Waals surface area contributed by atoms with Gasteiger partial charge in [0, 0.05) is 30.9 Å². The van der Waals surface area contributed by atoms with E-state index in [9.17, 15) is 15.2 Å². The van der Waals surface area contributed by atoms with Gasteiger partial charge in [-0.15, -0.1) is 0 Å². The van der Waals surface area contributed by atoms with Crippen molar-refractivity contribution in [3.8, 4) is 29.0 Å². The van der Waals surface area contributed by atoms with E-state index >= 15 is 0 Å². The Hall–Kier alpha value is -5.27. The highest BCUT2D eigenvalue weighted by molar-refractivity contribution is 5.95. The second-order valence-electron chi connectivity index (χ2n) is 11.4. The van der Waals surface area contributed by atoms with Crippen LogP contribution >= 0.6 is 0 Å². The van der Waals surface area contributed by atoms with Crippen molar-refractivity contribution in [3.05, 3.63) is 100 Å². The summed E-state index contributed by atoms with van der Waals surface area (Å²) >= 11 is 0. The molecular weight excluding hydrogens is 570 g/mol. The van der Waals surface area contributed by atoms with Gasteiger partial charge in [-0.1, -0.05) is 18.2 Å². The summed E-state index contributed by atoms with van der Waals surface area (Å²) in [5, 5.41) is 19.3. The molecule has 0 radical (unpaired) electrons. The van der Waals surface area contributed by atoms with E-state index in [1.807, 2.05) is 24.3 Å². The van der Waals surface area contributed by atoms with Crippen LogP contribution in [0.3, 0.4) is 0 Å². The summed E-state index contributed by atoms with van der Waals surface area (Å²) in [4.78, 5) is 26.3. The van der Waals surface area contributed by atoms with Gasteiger partial charge in [-0.3, -0.25) is 4.98 Å². The third-order valence-corrected chi connectivity index (χ3v) is 8.56. The number of carboxylic acid groups (broad SMARTS) is 1. The minimum atomic E-state index is -1.02. The molecule has 4 bridgehead atoms. The van der Waals surface area contributed by atoms with Gasteiger partial charge in [0.1, 0.15) is 29.8 Å². The first-order valence-electron chi connectivity index (χ1n) is 15.0. The molecule has 45 heavy (non-hydrogen) atoms. The van der Waals surface area contributed by atoms with Crippen molar-refractivity contribution in [2.45, 2.75) is 51.4 Å². The second kappa shape index (κ2) is 12.0. The van der Waals surface area contributed by atoms with Crippen LogP contribution in [0, 0.1) is 11.3 Å². The molecule has 226 valence electrons. The Morgan fingerprint density at radius 3 is 2.78 bits per heavy atom. The van der Waals surface area contributed by atoms with Gasteiger partial charge in [0.05, 0.1) is 47.8 Å². The van der Waals surface area contributed by atoms with E-state index in [1.54, 1.807) is 12.3 Å². The van der Waals surface area contributed by atoms with Crippen molar-refractivity contribution in [2.75, 3.05) is 13.7 Å². The van der Waals surface area contributed by atoms with Gasteiger partial charge < -0.3 is 23.9 Å². The molecule has 1 atom stereocenters. The smallest absolute Gasteiger partial charge is 0.335 e. The fourth-order valence-corrected chi connectivity index (χ4v) is 6.06. The molecule has 0 unspecified atom stereocenters. The van der Waals surface area contributed by atoms with E-state index in [0.717, 1.165) is 66.2 Å². The van der Waals surface area contributed by atoms with E-state index in [0.29, 0.717) is 41.2 Å². The van der Waals surface area contributed by atoms with Gasteiger partial charge in [-0.2, -0.15) is 5.26 Å². The number of methoxy groups -OCH3 is 1. The van der Waals surface area contributed by atoms with E-state index in [2.05, 4.69) is 33.8 Å². The number of hydrogen-bond donors (Lipinski definition) is 1. The van der Waals surface area contributed by atoms with Gasteiger partial charge in [-0.05, 0) is 72.7 Å². The third-order valence-electron chi connectivity index (χ3n) is 8.56. The van der Waals surface area contributed by atoms with Crippen molar-refractivity contribution in [3.63, 3.8) is 0 Å². The Morgan fingerprint density at radius 2 is 2.00 bits per heavy atom. The largest absolute Gasteiger partial charge is 0.494 e. The van der Waals surface area contributed by atoms with Gasteiger partial charge in [-0.25, -0.2) is 14.8 Å². The molecule has 1 fully saturated rings. The summed E-state index contributed by atoms with van der Waals surface area (Å²) in [5.74, 6) is 0.733. The lowest BCUT2D eigenvalue weighted by molar-refractivity contribution is -0.0589. The summed E-state index contributed by atoms with van der Waals surface area (Å²) in [6.45, 7) is 1.57. The number of carboxylic acids is 1. The van der Waals surface area contributed by atoms with Crippen LogP contribution < -0.4 is 9.47 Å². The lowest BCUT2D eigenvalue weighted by atomic mass is 9.94. The summed E-state index contributed by atoms with van der Waals surface area (Å²) in [7, 11) is 1.53.